The fraction of sp³-hybridized carbons (Fsp3) is 0.188. The standard InChI is InChI=1S/C16H15BrN2/c1-12(15-4-2-3-5-16(15)17)19-11-14-8-6-13(10-18)7-9-14/h2-9,12,19H,11H2,1H3. The lowest BCUT2D eigenvalue weighted by molar-refractivity contribution is 0.573. The average molecular weight is 315 g/mol. The van der Waals surface area contributed by atoms with Gasteiger partial charge in [-0.05, 0) is 36.2 Å². The number of halogens is 1. The van der Waals surface area contributed by atoms with E-state index in [-0.39, 0.29) is 6.04 Å². The number of benzene rings is 2. The summed E-state index contributed by atoms with van der Waals surface area (Å²) in [5.41, 5.74) is 3.12. The highest BCUT2D eigenvalue weighted by Gasteiger charge is 2.07. The quantitative estimate of drug-likeness (QED) is 0.919. The number of hydrogen-bond acceptors (Lipinski definition) is 2. The van der Waals surface area contributed by atoms with E-state index in [0.717, 1.165) is 11.0 Å². The number of nitriles is 1. The van der Waals surface area contributed by atoms with Gasteiger partial charge < -0.3 is 5.32 Å². The first kappa shape index (κ1) is 13.8. The van der Waals surface area contributed by atoms with Gasteiger partial charge in [-0.25, -0.2) is 0 Å². The van der Waals surface area contributed by atoms with Crippen LogP contribution in [0.25, 0.3) is 0 Å². The van der Waals surface area contributed by atoms with E-state index in [2.05, 4.69) is 46.4 Å². The van der Waals surface area contributed by atoms with Crippen molar-refractivity contribution in [1.29, 1.82) is 5.26 Å². The molecule has 0 heterocycles. The molecule has 0 aliphatic heterocycles. The fourth-order valence-corrected chi connectivity index (χ4v) is 2.53. The van der Waals surface area contributed by atoms with Gasteiger partial charge in [0, 0.05) is 17.1 Å². The normalized spacial score (nSPS) is 11.8. The van der Waals surface area contributed by atoms with E-state index in [1.807, 2.05) is 36.4 Å². The van der Waals surface area contributed by atoms with Crippen molar-refractivity contribution in [2.45, 2.75) is 19.5 Å². The second-order valence-corrected chi connectivity index (χ2v) is 5.29. The van der Waals surface area contributed by atoms with Gasteiger partial charge in [0.25, 0.3) is 0 Å². The molecule has 0 bridgehead atoms. The number of rotatable bonds is 4. The van der Waals surface area contributed by atoms with E-state index in [0.29, 0.717) is 5.56 Å². The van der Waals surface area contributed by atoms with Crippen LogP contribution < -0.4 is 5.32 Å². The zero-order chi connectivity index (χ0) is 13.7. The van der Waals surface area contributed by atoms with Gasteiger partial charge in [0.1, 0.15) is 0 Å². The van der Waals surface area contributed by atoms with Crippen LogP contribution in [0.3, 0.4) is 0 Å². The lowest BCUT2D eigenvalue weighted by Crippen LogP contribution is -2.18. The van der Waals surface area contributed by atoms with Crippen LogP contribution >= 0.6 is 15.9 Å². The first-order valence-electron chi connectivity index (χ1n) is 6.17. The first-order chi connectivity index (χ1) is 9.20. The maximum atomic E-state index is 8.75. The minimum absolute atomic E-state index is 0.270. The van der Waals surface area contributed by atoms with Gasteiger partial charge in [0.2, 0.25) is 0 Å². The predicted octanol–water partition coefficient (Wildman–Crippen LogP) is 4.17. The smallest absolute Gasteiger partial charge is 0.0991 e. The molecular weight excluding hydrogens is 300 g/mol. The number of hydrogen-bond donors (Lipinski definition) is 1. The number of nitrogens with one attached hydrogen (secondary N) is 1. The Bertz CT molecular complexity index is 584. The van der Waals surface area contributed by atoms with Crippen LogP contribution in [0.15, 0.2) is 53.0 Å². The van der Waals surface area contributed by atoms with Gasteiger partial charge in [0.15, 0.2) is 0 Å². The van der Waals surface area contributed by atoms with E-state index in [9.17, 15) is 0 Å². The molecule has 0 aromatic heterocycles. The highest BCUT2D eigenvalue weighted by atomic mass is 79.9. The SMILES string of the molecule is CC(NCc1ccc(C#N)cc1)c1ccccc1Br. The van der Waals surface area contributed by atoms with Crippen LogP contribution in [0.1, 0.15) is 29.7 Å². The Morgan fingerprint density at radius 2 is 1.84 bits per heavy atom. The van der Waals surface area contributed by atoms with Crippen molar-refractivity contribution in [2.24, 2.45) is 0 Å². The van der Waals surface area contributed by atoms with E-state index in [1.54, 1.807) is 0 Å². The Morgan fingerprint density at radius 1 is 1.16 bits per heavy atom. The third kappa shape index (κ3) is 3.66. The van der Waals surface area contributed by atoms with Crippen LogP contribution in [0, 0.1) is 11.3 Å². The Kier molecular flexibility index (Phi) is 4.73. The van der Waals surface area contributed by atoms with Crippen molar-refractivity contribution >= 4 is 15.9 Å². The molecule has 1 unspecified atom stereocenters. The van der Waals surface area contributed by atoms with Crippen molar-refractivity contribution in [3.63, 3.8) is 0 Å². The van der Waals surface area contributed by atoms with Gasteiger partial charge in [-0.2, -0.15) is 5.26 Å². The van der Waals surface area contributed by atoms with Crippen molar-refractivity contribution in [3.05, 3.63) is 69.7 Å². The molecule has 0 saturated carbocycles. The Morgan fingerprint density at radius 3 is 2.47 bits per heavy atom. The van der Waals surface area contributed by atoms with Crippen molar-refractivity contribution in [3.8, 4) is 6.07 Å². The van der Waals surface area contributed by atoms with Gasteiger partial charge >= 0.3 is 0 Å². The topological polar surface area (TPSA) is 35.8 Å². The van der Waals surface area contributed by atoms with Crippen molar-refractivity contribution < 1.29 is 0 Å². The fourth-order valence-electron chi connectivity index (χ4n) is 1.90. The zero-order valence-electron chi connectivity index (χ0n) is 10.7. The maximum Gasteiger partial charge on any atom is 0.0991 e. The van der Waals surface area contributed by atoms with Gasteiger partial charge in [-0.1, -0.05) is 46.3 Å². The summed E-state index contributed by atoms with van der Waals surface area (Å²) in [4.78, 5) is 0. The molecule has 0 aliphatic carbocycles. The molecule has 0 radical (unpaired) electrons. The van der Waals surface area contributed by atoms with E-state index >= 15 is 0 Å². The molecule has 96 valence electrons. The molecule has 1 N–H and O–H groups in total. The van der Waals surface area contributed by atoms with E-state index < -0.39 is 0 Å². The van der Waals surface area contributed by atoms with Gasteiger partial charge in [-0.3, -0.25) is 0 Å². The summed E-state index contributed by atoms with van der Waals surface area (Å²) >= 11 is 3.57. The monoisotopic (exact) mass is 314 g/mol. The lowest BCUT2D eigenvalue weighted by atomic mass is 10.1. The van der Waals surface area contributed by atoms with Crippen LogP contribution in [-0.4, -0.2) is 0 Å². The molecule has 2 aromatic carbocycles. The molecule has 19 heavy (non-hydrogen) atoms. The Hall–Kier alpha value is -1.63. The second kappa shape index (κ2) is 6.51. The van der Waals surface area contributed by atoms with E-state index in [4.69, 9.17) is 5.26 Å². The molecule has 1 atom stereocenters. The van der Waals surface area contributed by atoms with E-state index in [1.165, 1.54) is 11.1 Å². The van der Waals surface area contributed by atoms with Gasteiger partial charge in [-0.15, -0.1) is 0 Å². The van der Waals surface area contributed by atoms with Gasteiger partial charge in [0.05, 0.1) is 11.6 Å². The first-order valence-corrected chi connectivity index (χ1v) is 6.97. The minimum Gasteiger partial charge on any atom is -0.306 e. The largest absolute Gasteiger partial charge is 0.306 e. The molecule has 2 nitrogen and oxygen atoms in total. The van der Waals surface area contributed by atoms with Crippen LogP contribution in [-0.2, 0) is 6.54 Å². The highest BCUT2D eigenvalue weighted by molar-refractivity contribution is 9.10. The lowest BCUT2D eigenvalue weighted by Gasteiger charge is -2.15. The molecule has 0 saturated heterocycles. The number of nitrogens with zero attached hydrogens (tertiary/aromatic N) is 1. The molecule has 0 aliphatic rings. The van der Waals surface area contributed by atoms with Crippen molar-refractivity contribution in [1.82, 2.24) is 5.32 Å². The molecule has 2 aromatic rings. The predicted molar refractivity (Wildman–Crippen MR) is 80.6 cm³/mol. The molecule has 0 spiro atoms. The Labute approximate surface area is 122 Å². The molecule has 0 amide bonds. The summed E-state index contributed by atoms with van der Waals surface area (Å²) < 4.78 is 1.12. The Balaban J connectivity index is 1.98. The minimum atomic E-state index is 0.270. The molecular formula is C16H15BrN2. The van der Waals surface area contributed by atoms with Crippen molar-refractivity contribution in [2.75, 3.05) is 0 Å². The highest BCUT2D eigenvalue weighted by Crippen LogP contribution is 2.22. The van der Waals surface area contributed by atoms with Crippen LogP contribution in [0.4, 0.5) is 0 Å². The summed E-state index contributed by atoms with van der Waals surface area (Å²) in [5, 5.41) is 12.2. The summed E-state index contributed by atoms with van der Waals surface area (Å²) in [6.45, 7) is 2.93. The van der Waals surface area contributed by atoms with Crippen LogP contribution in [0.5, 0.6) is 0 Å². The summed E-state index contributed by atoms with van der Waals surface area (Å²) in [6, 6.07) is 18.3. The zero-order valence-corrected chi connectivity index (χ0v) is 12.3. The third-order valence-corrected chi connectivity index (χ3v) is 3.79. The second-order valence-electron chi connectivity index (χ2n) is 4.43. The molecule has 0 fully saturated rings. The third-order valence-electron chi connectivity index (χ3n) is 3.07. The average Bonchev–Trinajstić information content (AvgIpc) is 2.46. The maximum absolute atomic E-state index is 8.75. The summed E-state index contributed by atoms with van der Waals surface area (Å²) in [6.07, 6.45) is 0. The summed E-state index contributed by atoms with van der Waals surface area (Å²) in [5.74, 6) is 0. The molecule has 2 rings (SSSR count). The molecule has 3 heteroatoms. The van der Waals surface area contributed by atoms with Crippen LogP contribution in [0.2, 0.25) is 0 Å². The summed E-state index contributed by atoms with van der Waals surface area (Å²) in [7, 11) is 0.